The lowest BCUT2D eigenvalue weighted by Gasteiger charge is -2.20. The van der Waals surface area contributed by atoms with Gasteiger partial charge in [0.2, 0.25) is 0 Å². The normalized spacial score (nSPS) is 22.3. The maximum atomic E-state index is 8.99. The van der Waals surface area contributed by atoms with Crippen molar-refractivity contribution in [3.63, 3.8) is 0 Å². The Labute approximate surface area is 72.0 Å². The van der Waals surface area contributed by atoms with Gasteiger partial charge in [0.15, 0.2) is 0 Å². The van der Waals surface area contributed by atoms with Gasteiger partial charge >= 0.3 is 0 Å². The minimum absolute atomic E-state index is 0.0784. The Morgan fingerprint density at radius 2 is 2.58 bits per heavy atom. The van der Waals surface area contributed by atoms with Gasteiger partial charge in [-0.25, -0.2) is 4.98 Å². The average molecular weight is 166 g/mol. The molecular formula is C9H14N2O. The fourth-order valence-electron chi connectivity index (χ4n) is 1.80. The van der Waals surface area contributed by atoms with Crippen LogP contribution in [0.1, 0.15) is 24.7 Å². The molecule has 1 aliphatic heterocycles. The predicted molar refractivity (Wildman–Crippen MR) is 45.6 cm³/mol. The first-order valence-corrected chi connectivity index (χ1v) is 4.45. The lowest BCUT2D eigenvalue weighted by molar-refractivity contribution is 0.273. The quantitative estimate of drug-likeness (QED) is 0.674. The summed E-state index contributed by atoms with van der Waals surface area (Å²) in [5.74, 6) is 0.736. The van der Waals surface area contributed by atoms with Gasteiger partial charge < -0.3 is 9.67 Å². The zero-order valence-corrected chi connectivity index (χ0v) is 7.32. The summed E-state index contributed by atoms with van der Waals surface area (Å²) >= 11 is 0. The second-order valence-electron chi connectivity index (χ2n) is 3.59. The Morgan fingerprint density at radius 1 is 1.75 bits per heavy atom. The molecule has 0 radical (unpaired) electrons. The van der Waals surface area contributed by atoms with Gasteiger partial charge in [0.1, 0.15) is 0 Å². The summed E-state index contributed by atoms with van der Waals surface area (Å²) in [6, 6.07) is 0. The van der Waals surface area contributed by atoms with Crippen molar-refractivity contribution in [2.45, 2.75) is 32.9 Å². The van der Waals surface area contributed by atoms with Gasteiger partial charge in [-0.05, 0) is 18.8 Å². The summed E-state index contributed by atoms with van der Waals surface area (Å²) in [7, 11) is 0. The van der Waals surface area contributed by atoms with Crippen LogP contribution >= 0.6 is 0 Å². The van der Waals surface area contributed by atoms with E-state index < -0.39 is 0 Å². The van der Waals surface area contributed by atoms with E-state index in [1.165, 1.54) is 12.1 Å². The Kier molecular flexibility index (Phi) is 1.89. The van der Waals surface area contributed by atoms with Crippen molar-refractivity contribution in [3.05, 3.63) is 17.7 Å². The summed E-state index contributed by atoms with van der Waals surface area (Å²) in [4.78, 5) is 4.16. The van der Waals surface area contributed by atoms with E-state index in [1.54, 1.807) is 0 Å². The highest BCUT2D eigenvalue weighted by atomic mass is 16.3. The molecule has 0 bridgehead atoms. The summed E-state index contributed by atoms with van der Waals surface area (Å²) in [6.07, 6.45) is 4.14. The second kappa shape index (κ2) is 2.90. The average Bonchev–Trinajstić information content (AvgIpc) is 2.46. The van der Waals surface area contributed by atoms with E-state index in [1.807, 2.05) is 6.33 Å². The fourth-order valence-corrected chi connectivity index (χ4v) is 1.80. The third kappa shape index (κ3) is 1.14. The summed E-state index contributed by atoms with van der Waals surface area (Å²) in [5, 5.41) is 8.99. The van der Waals surface area contributed by atoms with E-state index in [-0.39, 0.29) is 6.61 Å². The van der Waals surface area contributed by atoms with Gasteiger partial charge in [-0.2, -0.15) is 0 Å². The van der Waals surface area contributed by atoms with Crippen molar-refractivity contribution in [1.29, 1.82) is 0 Å². The third-order valence-corrected chi connectivity index (χ3v) is 2.59. The van der Waals surface area contributed by atoms with Crippen LogP contribution in [0.15, 0.2) is 6.33 Å². The van der Waals surface area contributed by atoms with E-state index in [0.717, 1.165) is 24.6 Å². The van der Waals surface area contributed by atoms with E-state index in [4.69, 9.17) is 5.11 Å². The third-order valence-electron chi connectivity index (χ3n) is 2.59. The Morgan fingerprint density at radius 3 is 3.33 bits per heavy atom. The van der Waals surface area contributed by atoms with Crippen LogP contribution in [0.2, 0.25) is 0 Å². The van der Waals surface area contributed by atoms with Crippen LogP contribution in [0.5, 0.6) is 0 Å². The zero-order chi connectivity index (χ0) is 8.55. The molecule has 12 heavy (non-hydrogen) atoms. The molecule has 0 spiro atoms. The van der Waals surface area contributed by atoms with Crippen molar-refractivity contribution in [2.24, 2.45) is 5.92 Å². The molecule has 1 atom stereocenters. The molecule has 2 heterocycles. The summed E-state index contributed by atoms with van der Waals surface area (Å²) in [6.45, 7) is 3.39. The zero-order valence-electron chi connectivity index (χ0n) is 7.32. The number of aliphatic hydroxyl groups excluding tert-OH is 1. The largest absolute Gasteiger partial charge is 0.390 e. The van der Waals surface area contributed by atoms with Crippen LogP contribution in [0.4, 0.5) is 0 Å². The number of rotatable bonds is 1. The molecule has 0 aromatic carbocycles. The molecule has 0 aliphatic carbocycles. The minimum Gasteiger partial charge on any atom is -0.390 e. The van der Waals surface area contributed by atoms with Gasteiger partial charge in [-0.1, -0.05) is 6.92 Å². The number of imidazole rings is 1. The summed E-state index contributed by atoms with van der Waals surface area (Å²) < 4.78 is 2.16. The minimum atomic E-state index is 0.0784. The van der Waals surface area contributed by atoms with Crippen LogP contribution in [-0.4, -0.2) is 14.7 Å². The summed E-state index contributed by atoms with van der Waals surface area (Å²) in [5.41, 5.74) is 2.10. The van der Waals surface area contributed by atoms with E-state index in [0.29, 0.717) is 0 Å². The van der Waals surface area contributed by atoms with Crippen molar-refractivity contribution in [2.75, 3.05) is 0 Å². The van der Waals surface area contributed by atoms with E-state index in [2.05, 4.69) is 16.5 Å². The van der Waals surface area contributed by atoms with Gasteiger partial charge in [-0.15, -0.1) is 0 Å². The molecule has 1 aromatic rings. The monoisotopic (exact) mass is 166 g/mol. The second-order valence-corrected chi connectivity index (χ2v) is 3.59. The highest BCUT2D eigenvalue weighted by Crippen LogP contribution is 2.21. The Hall–Kier alpha value is -0.830. The lowest BCUT2D eigenvalue weighted by Crippen LogP contribution is -2.17. The molecule has 66 valence electrons. The number of hydrogen-bond donors (Lipinski definition) is 1. The molecule has 0 saturated heterocycles. The van der Waals surface area contributed by atoms with Crippen molar-refractivity contribution in [1.82, 2.24) is 9.55 Å². The smallest absolute Gasteiger partial charge is 0.0952 e. The van der Waals surface area contributed by atoms with Crippen LogP contribution in [0, 0.1) is 5.92 Å². The van der Waals surface area contributed by atoms with Gasteiger partial charge in [0.05, 0.1) is 18.6 Å². The molecule has 1 N–H and O–H groups in total. The van der Waals surface area contributed by atoms with Crippen molar-refractivity contribution < 1.29 is 5.11 Å². The molecule has 0 fully saturated rings. The van der Waals surface area contributed by atoms with Gasteiger partial charge in [0.25, 0.3) is 0 Å². The van der Waals surface area contributed by atoms with Gasteiger partial charge in [-0.3, -0.25) is 0 Å². The van der Waals surface area contributed by atoms with E-state index in [9.17, 15) is 0 Å². The van der Waals surface area contributed by atoms with E-state index >= 15 is 0 Å². The molecule has 1 aliphatic rings. The SMILES string of the molecule is CC1CCn2cnc(CO)c2C1. The first-order valence-electron chi connectivity index (χ1n) is 4.45. The first kappa shape index (κ1) is 7.80. The molecule has 2 rings (SSSR count). The Bertz CT molecular complexity index is 267. The molecule has 3 heteroatoms. The molecule has 0 amide bonds. The highest BCUT2D eigenvalue weighted by molar-refractivity contribution is 5.14. The lowest BCUT2D eigenvalue weighted by atomic mass is 9.97. The number of aliphatic hydroxyl groups is 1. The molecule has 1 aromatic heterocycles. The maximum absolute atomic E-state index is 8.99. The number of fused-ring (bicyclic) bond motifs is 1. The molecule has 0 saturated carbocycles. The van der Waals surface area contributed by atoms with Crippen LogP contribution < -0.4 is 0 Å². The molecule has 1 unspecified atom stereocenters. The number of aromatic nitrogens is 2. The van der Waals surface area contributed by atoms with Crippen LogP contribution in [-0.2, 0) is 19.6 Å². The number of nitrogens with zero attached hydrogens (tertiary/aromatic N) is 2. The van der Waals surface area contributed by atoms with Crippen molar-refractivity contribution >= 4 is 0 Å². The topological polar surface area (TPSA) is 38.0 Å². The first-order chi connectivity index (χ1) is 5.81. The van der Waals surface area contributed by atoms with Crippen molar-refractivity contribution in [3.8, 4) is 0 Å². The molecular weight excluding hydrogens is 152 g/mol. The standard InChI is InChI=1S/C9H14N2O/c1-7-2-3-11-6-10-8(5-12)9(11)4-7/h6-7,12H,2-5H2,1H3. The predicted octanol–water partition coefficient (Wildman–Crippen LogP) is 0.958. The number of hydrogen-bond acceptors (Lipinski definition) is 2. The van der Waals surface area contributed by atoms with Crippen LogP contribution in [0.3, 0.4) is 0 Å². The Balaban J connectivity index is 2.34. The van der Waals surface area contributed by atoms with Crippen LogP contribution in [0.25, 0.3) is 0 Å². The fraction of sp³-hybridized carbons (Fsp3) is 0.667. The van der Waals surface area contributed by atoms with Gasteiger partial charge in [0, 0.05) is 12.2 Å². The highest BCUT2D eigenvalue weighted by Gasteiger charge is 2.18. The maximum Gasteiger partial charge on any atom is 0.0952 e. The molecule has 3 nitrogen and oxygen atoms in total. The number of aryl methyl sites for hydroxylation is 1.